The molecular formula is C15H14F3N3O. The molecule has 0 bridgehead atoms. The lowest BCUT2D eigenvalue weighted by atomic mass is 10.1. The number of benzene rings is 1. The quantitative estimate of drug-likeness (QED) is 0.948. The number of halogens is 3. The summed E-state index contributed by atoms with van der Waals surface area (Å²) in [6.45, 7) is 0. The minimum absolute atomic E-state index is 0.0484. The molecule has 2 rings (SSSR count). The SMILES string of the molecule is CN(C)c1ccc(/C=C/c2cc(C(F)(F)F)[nH]c(=O)n2)cc1. The fourth-order valence-corrected chi connectivity index (χ4v) is 1.78. The van der Waals surface area contributed by atoms with E-state index in [1.807, 2.05) is 43.3 Å². The highest BCUT2D eigenvalue weighted by Crippen LogP contribution is 2.27. The third-order valence-electron chi connectivity index (χ3n) is 2.93. The summed E-state index contributed by atoms with van der Waals surface area (Å²) < 4.78 is 37.8. The lowest BCUT2D eigenvalue weighted by Crippen LogP contribution is -2.19. The third kappa shape index (κ3) is 3.97. The van der Waals surface area contributed by atoms with Crippen molar-refractivity contribution < 1.29 is 13.2 Å². The second-order valence-corrected chi connectivity index (χ2v) is 4.84. The van der Waals surface area contributed by atoms with E-state index in [1.54, 1.807) is 11.1 Å². The predicted octanol–water partition coefficient (Wildman–Crippen LogP) is 3.03. The number of nitrogens with one attached hydrogen (secondary N) is 1. The van der Waals surface area contributed by atoms with Gasteiger partial charge in [0, 0.05) is 19.8 Å². The third-order valence-corrected chi connectivity index (χ3v) is 2.93. The molecule has 116 valence electrons. The molecule has 7 heteroatoms. The smallest absolute Gasteiger partial charge is 0.378 e. The van der Waals surface area contributed by atoms with Crippen LogP contribution in [0, 0.1) is 0 Å². The van der Waals surface area contributed by atoms with Gasteiger partial charge in [-0.15, -0.1) is 0 Å². The Kier molecular flexibility index (Phi) is 4.35. The number of hydrogen-bond donors (Lipinski definition) is 1. The van der Waals surface area contributed by atoms with Crippen molar-refractivity contribution in [3.05, 3.63) is 57.8 Å². The van der Waals surface area contributed by atoms with Crippen molar-refractivity contribution in [1.29, 1.82) is 0 Å². The highest BCUT2D eigenvalue weighted by molar-refractivity contribution is 5.69. The van der Waals surface area contributed by atoms with Crippen LogP contribution in [0.25, 0.3) is 12.2 Å². The van der Waals surface area contributed by atoms with Gasteiger partial charge in [-0.05, 0) is 29.8 Å². The normalized spacial score (nSPS) is 11.9. The molecule has 1 aromatic heterocycles. The molecule has 0 aliphatic heterocycles. The van der Waals surface area contributed by atoms with Gasteiger partial charge in [-0.25, -0.2) is 4.79 Å². The zero-order valence-electron chi connectivity index (χ0n) is 12.0. The van der Waals surface area contributed by atoms with Crippen LogP contribution in [0.4, 0.5) is 18.9 Å². The van der Waals surface area contributed by atoms with Crippen molar-refractivity contribution in [1.82, 2.24) is 9.97 Å². The molecule has 4 nitrogen and oxygen atoms in total. The maximum atomic E-state index is 12.6. The summed E-state index contributed by atoms with van der Waals surface area (Å²) in [5.41, 5.74) is -0.396. The van der Waals surface area contributed by atoms with E-state index < -0.39 is 17.6 Å². The summed E-state index contributed by atoms with van der Waals surface area (Å²) in [7, 11) is 3.81. The zero-order valence-corrected chi connectivity index (χ0v) is 12.0. The first-order chi connectivity index (χ1) is 10.3. The first kappa shape index (κ1) is 15.8. The fourth-order valence-electron chi connectivity index (χ4n) is 1.78. The van der Waals surface area contributed by atoms with E-state index in [9.17, 15) is 18.0 Å². The van der Waals surface area contributed by atoms with E-state index in [2.05, 4.69) is 4.98 Å². The molecule has 0 atom stereocenters. The van der Waals surface area contributed by atoms with Gasteiger partial charge < -0.3 is 9.88 Å². The van der Waals surface area contributed by atoms with Gasteiger partial charge in [0.15, 0.2) is 0 Å². The molecule has 0 aliphatic carbocycles. The standard InChI is InChI=1S/C15H14F3N3O/c1-21(2)12-7-4-10(5-8-12)3-6-11-9-13(15(16,17)18)20-14(22)19-11/h3-9H,1-2H3,(H,19,20,22)/b6-3+. The molecule has 1 N–H and O–H groups in total. The van der Waals surface area contributed by atoms with Crippen LogP contribution in [-0.4, -0.2) is 24.1 Å². The number of alkyl halides is 3. The van der Waals surface area contributed by atoms with Crippen molar-refractivity contribution in [2.45, 2.75) is 6.18 Å². The van der Waals surface area contributed by atoms with Gasteiger partial charge in [0.1, 0.15) is 5.69 Å². The van der Waals surface area contributed by atoms with Crippen molar-refractivity contribution in [2.24, 2.45) is 0 Å². The summed E-state index contributed by atoms with van der Waals surface area (Å²) in [6, 6.07) is 8.21. The Morgan fingerprint density at radius 1 is 1.14 bits per heavy atom. The molecule has 1 aromatic carbocycles. The minimum atomic E-state index is -4.61. The van der Waals surface area contributed by atoms with Gasteiger partial charge in [-0.3, -0.25) is 0 Å². The number of nitrogens with zero attached hydrogens (tertiary/aromatic N) is 2. The van der Waals surface area contributed by atoms with Crippen LogP contribution in [0.2, 0.25) is 0 Å². The van der Waals surface area contributed by atoms with E-state index in [4.69, 9.17) is 0 Å². The van der Waals surface area contributed by atoms with E-state index in [-0.39, 0.29) is 5.69 Å². The Morgan fingerprint density at radius 2 is 1.77 bits per heavy atom. The van der Waals surface area contributed by atoms with Crippen molar-refractivity contribution in [2.75, 3.05) is 19.0 Å². The van der Waals surface area contributed by atoms with Crippen LogP contribution >= 0.6 is 0 Å². The van der Waals surface area contributed by atoms with Crippen LogP contribution in [0.3, 0.4) is 0 Å². The molecule has 0 fully saturated rings. The number of hydrogen-bond acceptors (Lipinski definition) is 3. The number of H-pyrrole nitrogens is 1. The first-order valence-electron chi connectivity index (χ1n) is 6.40. The highest BCUT2D eigenvalue weighted by atomic mass is 19.4. The van der Waals surface area contributed by atoms with Gasteiger partial charge in [-0.1, -0.05) is 18.2 Å². The van der Waals surface area contributed by atoms with Crippen LogP contribution in [-0.2, 0) is 6.18 Å². The van der Waals surface area contributed by atoms with Crippen LogP contribution in [0.15, 0.2) is 35.1 Å². The molecule has 22 heavy (non-hydrogen) atoms. The molecule has 0 unspecified atom stereocenters. The maximum absolute atomic E-state index is 12.6. The largest absolute Gasteiger partial charge is 0.431 e. The van der Waals surface area contributed by atoms with Crippen LogP contribution in [0.1, 0.15) is 17.0 Å². The summed E-state index contributed by atoms with van der Waals surface area (Å²) >= 11 is 0. The van der Waals surface area contributed by atoms with Gasteiger partial charge in [0.2, 0.25) is 0 Å². The van der Waals surface area contributed by atoms with Crippen molar-refractivity contribution in [3.8, 4) is 0 Å². The Bertz CT molecular complexity index is 731. The predicted molar refractivity (Wildman–Crippen MR) is 79.6 cm³/mol. The van der Waals surface area contributed by atoms with Crippen LogP contribution in [0.5, 0.6) is 0 Å². The molecule has 1 heterocycles. The van der Waals surface area contributed by atoms with E-state index in [0.717, 1.165) is 17.3 Å². The molecule has 0 saturated heterocycles. The molecular weight excluding hydrogens is 295 g/mol. The summed E-state index contributed by atoms with van der Waals surface area (Å²) in [6.07, 6.45) is -1.64. The Balaban J connectivity index is 2.26. The zero-order chi connectivity index (χ0) is 16.3. The fraction of sp³-hybridized carbons (Fsp3) is 0.200. The summed E-state index contributed by atoms with van der Waals surface area (Å²) in [5, 5.41) is 0. The number of anilines is 1. The molecule has 0 amide bonds. The molecule has 0 spiro atoms. The van der Waals surface area contributed by atoms with E-state index in [1.165, 1.54) is 6.08 Å². The lowest BCUT2D eigenvalue weighted by molar-refractivity contribution is -0.141. The van der Waals surface area contributed by atoms with E-state index >= 15 is 0 Å². The average Bonchev–Trinajstić information content (AvgIpc) is 2.44. The first-order valence-corrected chi connectivity index (χ1v) is 6.40. The second-order valence-electron chi connectivity index (χ2n) is 4.84. The van der Waals surface area contributed by atoms with Gasteiger partial charge >= 0.3 is 11.9 Å². The second kappa shape index (κ2) is 6.05. The molecule has 0 radical (unpaired) electrons. The lowest BCUT2D eigenvalue weighted by Gasteiger charge is -2.11. The Morgan fingerprint density at radius 3 is 2.32 bits per heavy atom. The molecule has 2 aromatic rings. The number of aromatic nitrogens is 2. The monoisotopic (exact) mass is 309 g/mol. The maximum Gasteiger partial charge on any atom is 0.431 e. The molecule has 0 saturated carbocycles. The average molecular weight is 309 g/mol. The molecule has 0 aliphatic rings. The Hall–Kier alpha value is -2.57. The van der Waals surface area contributed by atoms with Crippen molar-refractivity contribution in [3.63, 3.8) is 0 Å². The van der Waals surface area contributed by atoms with Gasteiger partial charge in [0.05, 0.1) is 5.69 Å². The van der Waals surface area contributed by atoms with Crippen molar-refractivity contribution >= 4 is 17.8 Å². The number of rotatable bonds is 3. The summed E-state index contributed by atoms with van der Waals surface area (Å²) in [5.74, 6) is 0. The minimum Gasteiger partial charge on any atom is -0.378 e. The number of aromatic amines is 1. The topological polar surface area (TPSA) is 49.0 Å². The van der Waals surface area contributed by atoms with E-state index in [0.29, 0.717) is 0 Å². The van der Waals surface area contributed by atoms with Crippen LogP contribution < -0.4 is 10.6 Å². The Labute approximate surface area is 124 Å². The van der Waals surface area contributed by atoms with Gasteiger partial charge in [0.25, 0.3) is 0 Å². The summed E-state index contributed by atoms with van der Waals surface area (Å²) in [4.78, 5) is 18.3. The highest BCUT2D eigenvalue weighted by Gasteiger charge is 2.32. The van der Waals surface area contributed by atoms with Gasteiger partial charge in [-0.2, -0.15) is 18.2 Å².